The predicted molar refractivity (Wildman–Crippen MR) is 68.8 cm³/mol. The van der Waals surface area contributed by atoms with Crippen LogP contribution in [0.2, 0.25) is 0 Å². The lowest BCUT2D eigenvalue weighted by Gasteiger charge is -2.26. The fourth-order valence-corrected chi connectivity index (χ4v) is 3.18. The van der Waals surface area contributed by atoms with Gasteiger partial charge in [-0.05, 0) is 42.2 Å². The Kier molecular flexibility index (Phi) is 4.00. The molecule has 0 aliphatic heterocycles. The monoisotopic (exact) mass is 239 g/mol. The highest BCUT2D eigenvalue weighted by atomic mass is 32.1. The molecule has 1 aliphatic carbocycles. The Morgan fingerprint density at radius 2 is 2.38 bits per heavy atom. The van der Waals surface area contributed by atoms with Crippen LogP contribution in [0.15, 0.2) is 11.4 Å². The third-order valence-electron chi connectivity index (χ3n) is 3.39. The molecule has 0 radical (unpaired) electrons. The van der Waals surface area contributed by atoms with E-state index in [9.17, 15) is 5.11 Å². The molecule has 0 spiro atoms. The minimum atomic E-state index is -0.232. The summed E-state index contributed by atoms with van der Waals surface area (Å²) >= 11 is 1.87. The van der Waals surface area contributed by atoms with Gasteiger partial charge in [-0.2, -0.15) is 0 Å². The van der Waals surface area contributed by atoms with Crippen LogP contribution in [0.5, 0.6) is 0 Å². The number of thiophene rings is 1. The predicted octanol–water partition coefficient (Wildman–Crippen LogP) is 2.73. The molecule has 1 aromatic rings. The molecule has 0 amide bonds. The van der Waals surface area contributed by atoms with Crippen LogP contribution < -0.4 is 5.32 Å². The van der Waals surface area contributed by atoms with Crippen LogP contribution in [-0.2, 0) is 6.42 Å². The van der Waals surface area contributed by atoms with Crippen molar-refractivity contribution in [3.8, 4) is 0 Å². The zero-order chi connectivity index (χ0) is 11.5. The van der Waals surface area contributed by atoms with E-state index in [0.29, 0.717) is 18.5 Å². The van der Waals surface area contributed by atoms with Crippen molar-refractivity contribution in [1.82, 2.24) is 5.32 Å². The van der Waals surface area contributed by atoms with Gasteiger partial charge < -0.3 is 10.4 Å². The number of hydrogen-bond acceptors (Lipinski definition) is 3. The minimum Gasteiger partial charge on any atom is -0.392 e. The van der Waals surface area contributed by atoms with Crippen LogP contribution in [0, 0.1) is 5.92 Å². The quantitative estimate of drug-likeness (QED) is 0.847. The molecule has 2 unspecified atom stereocenters. The third kappa shape index (κ3) is 2.65. The standard InChI is InChI=1S/C13H21NOS/c1-9(2)12(15)8-14-11-4-3-5-13-10(11)6-7-16-13/h6-7,9,11-12,14-15H,3-5,8H2,1-2H3. The molecule has 0 aromatic carbocycles. The Bertz CT molecular complexity index is 334. The smallest absolute Gasteiger partial charge is 0.0687 e. The van der Waals surface area contributed by atoms with Gasteiger partial charge in [0, 0.05) is 17.5 Å². The van der Waals surface area contributed by atoms with Crippen molar-refractivity contribution in [3.05, 3.63) is 21.9 Å². The van der Waals surface area contributed by atoms with Gasteiger partial charge in [-0.15, -0.1) is 11.3 Å². The average Bonchev–Trinajstić information content (AvgIpc) is 2.73. The van der Waals surface area contributed by atoms with Gasteiger partial charge in [-0.1, -0.05) is 13.8 Å². The molecular weight excluding hydrogens is 218 g/mol. The third-order valence-corrected chi connectivity index (χ3v) is 4.39. The zero-order valence-electron chi connectivity index (χ0n) is 10.1. The highest BCUT2D eigenvalue weighted by Crippen LogP contribution is 2.33. The maximum Gasteiger partial charge on any atom is 0.0687 e. The summed E-state index contributed by atoms with van der Waals surface area (Å²) in [4.78, 5) is 1.53. The van der Waals surface area contributed by atoms with Gasteiger partial charge in [0.1, 0.15) is 0 Å². The van der Waals surface area contributed by atoms with E-state index in [0.717, 1.165) is 0 Å². The second-order valence-corrected chi connectivity index (χ2v) is 5.96. The molecule has 2 nitrogen and oxygen atoms in total. The van der Waals surface area contributed by atoms with E-state index in [1.807, 2.05) is 11.3 Å². The number of aryl methyl sites for hydroxylation is 1. The van der Waals surface area contributed by atoms with E-state index in [4.69, 9.17) is 0 Å². The summed E-state index contributed by atoms with van der Waals surface area (Å²) in [7, 11) is 0. The molecule has 2 atom stereocenters. The van der Waals surface area contributed by atoms with Crippen LogP contribution in [0.3, 0.4) is 0 Å². The lowest BCUT2D eigenvalue weighted by atomic mass is 9.93. The van der Waals surface area contributed by atoms with E-state index in [2.05, 4.69) is 30.6 Å². The van der Waals surface area contributed by atoms with Crippen LogP contribution in [0.4, 0.5) is 0 Å². The Balaban J connectivity index is 1.93. The highest BCUT2D eigenvalue weighted by Gasteiger charge is 2.21. The Labute approximate surface area is 102 Å². The van der Waals surface area contributed by atoms with E-state index in [1.165, 1.54) is 29.7 Å². The number of aliphatic hydroxyl groups is 1. The van der Waals surface area contributed by atoms with Crippen LogP contribution in [-0.4, -0.2) is 17.8 Å². The van der Waals surface area contributed by atoms with Crippen molar-refractivity contribution in [2.24, 2.45) is 5.92 Å². The van der Waals surface area contributed by atoms with E-state index >= 15 is 0 Å². The molecule has 0 saturated carbocycles. The average molecular weight is 239 g/mol. The van der Waals surface area contributed by atoms with Crippen molar-refractivity contribution < 1.29 is 5.11 Å². The molecule has 3 heteroatoms. The Morgan fingerprint density at radius 3 is 3.12 bits per heavy atom. The van der Waals surface area contributed by atoms with Crippen molar-refractivity contribution in [3.63, 3.8) is 0 Å². The highest BCUT2D eigenvalue weighted by molar-refractivity contribution is 7.10. The summed E-state index contributed by atoms with van der Waals surface area (Å²) in [5, 5.41) is 15.5. The number of fused-ring (bicyclic) bond motifs is 1. The molecule has 2 N–H and O–H groups in total. The first-order chi connectivity index (χ1) is 7.68. The first-order valence-corrected chi connectivity index (χ1v) is 7.04. The van der Waals surface area contributed by atoms with Crippen molar-refractivity contribution >= 4 is 11.3 Å². The summed E-state index contributed by atoms with van der Waals surface area (Å²) in [6.45, 7) is 4.82. The van der Waals surface area contributed by atoms with Crippen molar-refractivity contribution in [2.75, 3.05) is 6.54 Å². The van der Waals surface area contributed by atoms with E-state index in [-0.39, 0.29) is 6.10 Å². The molecule has 16 heavy (non-hydrogen) atoms. The maximum atomic E-state index is 9.80. The molecule has 1 aliphatic rings. The van der Waals surface area contributed by atoms with Gasteiger partial charge in [0.15, 0.2) is 0 Å². The van der Waals surface area contributed by atoms with Crippen LogP contribution in [0.25, 0.3) is 0 Å². The lowest BCUT2D eigenvalue weighted by molar-refractivity contribution is 0.119. The molecule has 0 fully saturated rings. The number of aliphatic hydroxyl groups excluding tert-OH is 1. The second kappa shape index (κ2) is 5.30. The second-order valence-electron chi connectivity index (χ2n) is 4.96. The lowest BCUT2D eigenvalue weighted by Crippen LogP contribution is -2.34. The number of rotatable bonds is 4. The Morgan fingerprint density at radius 1 is 1.56 bits per heavy atom. The summed E-state index contributed by atoms with van der Waals surface area (Å²) in [5.41, 5.74) is 1.47. The summed E-state index contributed by atoms with van der Waals surface area (Å²) in [6.07, 6.45) is 3.47. The van der Waals surface area contributed by atoms with Gasteiger partial charge in [-0.25, -0.2) is 0 Å². The maximum absolute atomic E-state index is 9.80. The van der Waals surface area contributed by atoms with Gasteiger partial charge in [0.25, 0.3) is 0 Å². The van der Waals surface area contributed by atoms with Crippen molar-refractivity contribution in [1.29, 1.82) is 0 Å². The fraction of sp³-hybridized carbons (Fsp3) is 0.692. The molecule has 2 rings (SSSR count). The summed E-state index contributed by atoms with van der Waals surface area (Å²) < 4.78 is 0. The van der Waals surface area contributed by atoms with E-state index < -0.39 is 0 Å². The topological polar surface area (TPSA) is 32.3 Å². The molecule has 0 bridgehead atoms. The molecule has 1 aromatic heterocycles. The largest absolute Gasteiger partial charge is 0.392 e. The van der Waals surface area contributed by atoms with Gasteiger partial charge >= 0.3 is 0 Å². The van der Waals surface area contributed by atoms with Gasteiger partial charge in [0.05, 0.1) is 6.10 Å². The van der Waals surface area contributed by atoms with Crippen LogP contribution >= 0.6 is 11.3 Å². The zero-order valence-corrected chi connectivity index (χ0v) is 10.9. The molecular formula is C13H21NOS. The normalized spacial score (nSPS) is 22.1. The first kappa shape index (κ1) is 12.1. The number of hydrogen-bond donors (Lipinski definition) is 2. The SMILES string of the molecule is CC(C)C(O)CNC1CCCc2sccc21. The van der Waals surface area contributed by atoms with Gasteiger partial charge in [0.2, 0.25) is 0 Å². The summed E-state index contributed by atoms with van der Waals surface area (Å²) in [6, 6.07) is 2.70. The fourth-order valence-electron chi connectivity index (χ4n) is 2.20. The van der Waals surface area contributed by atoms with E-state index in [1.54, 1.807) is 0 Å². The molecule has 1 heterocycles. The van der Waals surface area contributed by atoms with Crippen molar-refractivity contribution in [2.45, 2.75) is 45.3 Å². The summed E-state index contributed by atoms with van der Waals surface area (Å²) in [5.74, 6) is 0.332. The molecule has 90 valence electrons. The van der Waals surface area contributed by atoms with Gasteiger partial charge in [-0.3, -0.25) is 0 Å². The van der Waals surface area contributed by atoms with Crippen LogP contribution in [0.1, 0.15) is 43.2 Å². The minimum absolute atomic E-state index is 0.232. The Hall–Kier alpha value is -0.380. The first-order valence-electron chi connectivity index (χ1n) is 6.16. The molecule has 0 saturated heterocycles. The number of nitrogens with one attached hydrogen (secondary N) is 1.